The Morgan fingerprint density at radius 3 is 2.83 bits per heavy atom. The summed E-state index contributed by atoms with van der Waals surface area (Å²) in [5.41, 5.74) is 3.87. The van der Waals surface area contributed by atoms with E-state index in [2.05, 4.69) is 35.3 Å². The van der Waals surface area contributed by atoms with Crippen LogP contribution in [-0.2, 0) is 11.2 Å². The molecule has 1 aliphatic carbocycles. The molecule has 4 heteroatoms. The Morgan fingerprint density at radius 1 is 0.967 bits per heavy atom. The molecule has 0 N–H and O–H groups in total. The average molecular weight is 399 g/mol. The molecular formula is C26H26N2O2. The Morgan fingerprint density at radius 2 is 1.90 bits per heavy atom. The first-order valence-electron chi connectivity index (χ1n) is 11.0. The fraction of sp³-hybridized carbons (Fsp3) is 0.385. The van der Waals surface area contributed by atoms with Gasteiger partial charge in [-0.2, -0.15) is 5.26 Å². The summed E-state index contributed by atoms with van der Waals surface area (Å²) in [5, 5.41) is 10.3. The van der Waals surface area contributed by atoms with Crippen LogP contribution in [0, 0.1) is 23.2 Å². The van der Waals surface area contributed by atoms with E-state index in [1.54, 1.807) is 6.07 Å². The topological polar surface area (TPSA) is 55.1 Å². The van der Waals surface area contributed by atoms with Crippen molar-refractivity contribution in [1.82, 2.24) is 4.98 Å². The number of aromatic nitrogens is 1. The summed E-state index contributed by atoms with van der Waals surface area (Å²) in [6.07, 6.45) is 5.64. The molecule has 5 rings (SSSR count). The lowest BCUT2D eigenvalue weighted by atomic mass is 9.72. The maximum Gasteiger partial charge on any atom is 0.146 e. The lowest BCUT2D eigenvalue weighted by molar-refractivity contribution is 0.0688. The minimum Gasteiger partial charge on any atom is -0.483 e. The second-order valence-electron chi connectivity index (χ2n) is 8.38. The number of pyridine rings is 1. The minimum atomic E-state index is -0.00353. The van der Waals surface area contributed by atoms with Crippen LogP contribution >= 0.6 is 0 Å². The maximum atomic E-state index is 9.31. The van der Waals surface area contributed by atoms with E-state index < -0.39 is 0 Å². The van der Waals surface area contributed by atoms with Crippen LogP contribution in [0.2, 0.25) is 0 Å². The molecule has 0 spiro atoms. The van der Waals surface area contributed by atoms with Gasteiger partial charge in [0.05, 0.1) is 0 Å². The van der Waals surface area contributed by atoms with E-state index in [0.29, 0.717) is 17.5 Å². The van der Waals surface area contributed by atoms with Gasteiger partial charge < -0.3 is 9.47 Å². The minimum absolute atomic E-state index is 0.00353. The van der Waals surface area contributed by atoms with Crippen molar-refractivity contribution in [2.24, 2.45) is 11.8 Å². The fourth-order valence-corrected chi connectivity index (χ4v) is 5.15. The van der Waals surface area contributed by atoms with E-state index in [0.717, 1.165) is 55.5 Å². The highest BCUT2D eigenvalue weighted by Crippen LogP contribution is 2.45. The molecule has 2 heterocycles. The predicted molar refractivity (Wildman–Crippen MR) is 116 cm³/mol. The molecule has 0 bridgehead atoms. The van der Waals surface area contributed by atoms with Crippen LogP contribution in [0.4, 0.5) is 0 Å². The van der Waals surface area contributed by atoms with Gasteiger partial charge in [-0.3, -0.25) is 0 Å². The molecule has 1 aromatic heterocycles. The van der Waals surface area contributed by atoms with Gasteiger partial charge in [-0.15, -0.1) is 0 Å². The van der Waals surface area contributed by atoms with Gasteiger partial charge in [0, 0.05) is 24.5 Å². The lowest BCUT2D eigenvalue weighted by Crippen LogP contribution is -2.31. The molecule has 30 heavy (non-hydrogen) atoms. The highest BCUT2D eigenvalue weighted by Gasteiger charge is 2.37. The summed E-state index contributed by atoms with van der Waals surface area (Å²) in [4.78, 5) is 4.56. The van der Waals surface area contributed by atoms with E-state index in [-0.39, 0.29) is 6.10 Å². The maximum absolute atomic E-state index is 9.31. The number of benzene rings is 2. The predicted octanol–water partition coefficient (Wildman–Crippen LogP) is 5.61. The second-order valence-corrected chi connectivity index (χ2v) is 8.38. The van der Waals surface area contributed by atoms with E-state index in [9.17, 15) is 5.26 Å². The fourth-order valence-electron chi connectivity index (χ4n) is 5.15. The van der Waals surface area contributed by atoms with Crippen molar-refractivity contribution in [3.05, 3.63) is 71.4 Å². The Hall–Kier alpha value is -2.90. The average Bonchev–Trinajstić information content (AvgIpc) is 3.09. The number of hydrogen-bond donors (Lipinski definition) is 0. The molecule has 3 aromatic rings. The molecule has 1 fully saturated rings. The van der Waals surface area contributed by atoms with Crippen molar-refractivity contribution in [2.75, 3.05) is 13.2 Å². The van der Waals surface area contributed by atoms with Crippen molar-refractivity contribution in [3.8, 4) is 11.8 Å². The van der Waals surface area contributed by atoms with Crippen molar-refractivity contribution in [2.45, 2.75) is 38.2 Å². The van der Waals surface area contributed by atoms with Crippen LogP contribution in [0.15, 0.2) is 54.6 Å². The highest BCUT2D eigenvalue weighted by molar-refractivity contribution is 5.84. The molecule has 2 aliphatic rings. The molecule has 152 valence electrons. The number of nitriles is 1. The SMILES string of the molecule is N#Cc1ccc2cccc(O[C@H]3c4ccccc4CC[C@@H]3C3CCCOCC3)c2n1. The smallest absolute Gasteiger partial charge is 0.146 e. The number of hydrogen-bond acceptors (Lipinski definition) is 4. The number of nitrogens with zero attached hydrogens (tertiary/aromatic N) is 2. The third kappa shape index (κ3) is 3.66. The number of ether oxygens (including phenoxy) is 2. The molecule has 0 amide bonds. The standard InChI is InChI=1S/C26H26N2O2/c27-17-21-12-10-20-6-3-9-24(25(20)28-21)30-26-22-8-2-1-5-18(22)11-13-23(26)19-7-4-15-29-16-14-19/h1-3,5-6,8-10,12,19,23,26H,4,7,11,13-16H2/t19?,23-,26+/m1/s1. The number of fused-ring (bicyclic) bond motifs is 2. The van der Waals surface area contributed by atoms with Crippen LogP contribution in [-0.4, -0.2) is 18.2 Å². The Kier molecular flexibility index (Phi) is 5.38. The van der Waals surface area contributed by atoms with Gasteiger partial charge in [-0.1, -0.05) is 36.4 Å². The lowest BCUT2D eigenvalue weighted by Gasteiger charge is -2.38. The summed E-state index contributed by atoms with van der Waals surface area (Å²) in [7, 11) is 0. The van der Waals surface area contributed by atoms with E-state index in [4.69, 9.17) is 9.47 Å². The number of rotatable bonds is 3. The van der Waals surface area contributed by atoms with Gasteiger partial charge >= 0.3 is 0 Å². The van der Waals surface area contributed by atoms with Crippen LogP contribution in [0.1, 0.15) is 48.6 Å². The van der Waals surface area contributed by atoms with Crippen LogP contribution in [0.25, 0.3) is 10.9 Å². The van der Waals surface area contributed by atoms with Crippen molar-refractivity contribution < 1.29 is 9.47 Å². The zero-order valence-corrected chi connectivity index (χ0v) is 17.1. The molecule has 1 saturated heterocycles. The van der Waals surface area contributed by atoms with Crippen molar-refractivity contribution in [3.63, 3.8) is 0 Å². The Bertz CT molecular complexity index is 1080. The highest BCUT2D eigenvalue weighted by atomic mass is 16.5. The number of para-hydroxylation sites is 1. The molecule has 2 aromatic carbocycles. The van der Waals surface area contributed by atoms with Gasteiger partial charge in [0.15, 0.2) is 0 Å². The van der Waals surface area contributed by atoms with Crippen LogP contribution in [0.5, 0.6) is 5.75 Å². The van der Waals surface area contributed by atoms with E-state index >= 15 is 0 Å². The summed E-state index contributed by atoms with van der Waals surface area (Å²) in [6.45, 7) is 1.71. The Labute approximate surface area is 177 Å². The summed E-state index contributed by atoms with van der Waals surface area (Å²) >= 11 is 0. The quantitative estimate of drug-likeness (QED) is 0.576. The molecule has 1 unspecified atom stereocenters. The third-order valence-corrected chi connectivity index (χ3v) is 6.65. The van der Waals surface area contributed by atoms with Gasteiger partial charge in [-0.05, 0) is 67.3 Å². The number of aryl methyl sites for hydroxylation is 1. The van der Waals surface area contributed by atoms with Gasteiger partial charge in [0.2, 0.25) is 0 Å². The van der Waals surface area contributed by atoms with Crippen molar-refractivity contribution in [1.29, 1.82) is 5.26 Å². The monoisotopic (exact) mass is 398 g/mol. The van der Waals surface area contributed by atoms with Gasteiger partial charge in [-0.25, -0.2) is 4.98 Å². The largest absolute Gasteiger partial charge is 0.483 e. The van der Waals surface area contributed by atoms with Crippen molar-refractivity contribution >= 4 is 10.9 Å². The first-order chi connectivity index (χ1) is 14.8. The second kappa shape index (κ2) is 8.45. The third-order valence-electron chi connectivity index (χ3n) is 6.65. The van der Waals surface area contributed by atoms with Gasteiger partial charge in [0.25, 0.3) is 0 Å². The summed E-state index contributed by atoms with van der Waals surface area (Å²) in [5.74, 6) is 1.82. The molecule has 4 nitrogen and oxygen atoms in total. The molecule has 3 atom stereocenters. The molecular weight excluding hydrogens is 372 g/mol. The zero-order chi connectivity index (χ0) is 20.3. The molecule has 1 aliphatic heterocycles. The summed E-state index contributed by atoms with van der Waals surface area (Å²) in [6, 6.07) is 20.6. The molecule has 0 radical (unpaired) electrons. The molecule has 0 saturated carbocycles. The van der Waals surface area contributed by atoms with E-state index in [1.807, 2.05) is 24.3 Å². The van der Waals surface area contributed by atoms with E-state index in [1.165, 1.54) is 17.5 Å². The van der Waals surface area contributed by atoms with Crippen LogP contribution < -0.4 is 4.74 Å². The first kappa shape index (κ1) is 19.1. The first-order valence-corrected chi connectivity index (χ1v) is 11.0. The summed E-state index contributed by atoms with van der Waals surface area (Å²) < 4.78 is 12.5. The van der Waals surface area contributed by atoms with Gasteiger partial charge in [0.1, 0.15) is 29.1 Å². The zero-order valence-electron chi connectivity index (χ0n) is 17.1. The Balaban J connectivity index is 1.55. The van der Waals surface area contributed by atoms with Crippen LogP contribution in [0.3, 0.4) is 0 Å². The normalized spacial score (nSPS) is 23.9.